The van der Waals surface area contributed by atoms with Crippen LogP contribution in [0.5, 0.6) is 0 Å². The van der Waals surface area contributed by atoms with Gasteiger partial charge in [0.2, 0.25) is 0 Å². The maximum absolute atomic E-state index is 5.82. The van der Waals surface area contributed by atoms with Gasteiger partial charge in [0.1, 0.15) is 0 Å². The topological polar surface area (TPSA) is 21.3 Å². The van der Waals surface area contributed by atoms with Crippen LogP contribution in [0.1, 0.15) is 92.4 Å². The number of rotatable bonds is 13. The van der Waals surface area contributed by atoms with Gasteiger partial charge in [0.25, 0.3) is 0 Å². The highest BCUT2D eigenvalue weighted by Crippen LogP contribution is 2.27. The molecule has 0 amide bonds. The molecule has 2 unspecified atom stereocenters. The van der Waals surface area contributed by atoms with Crippen LogP contribution in [-0.4, -0.2) is 25.8 Å². The van der Waals surface area contributed by atoms with E-state index in [1.54, 1.807) is 0 Å². The molecular weight excluding hydrogens is 258 g/mol. The molecule has 2 atom stereocenters. The van der Waals surface area contributed by atoms with Crippen molar-refractivity contribution in [1.29, 1.82) is 0 Å². The minimum Gasteiger partial charge on any atom is -0.379 e. The van der Waals surface area contributed by atoms with Gasteiger partial charge < -0.3 is 10.1 Å². The van der Waals surface area contributed by atoms with Crippen LogP contribution in [0.3, 0.4) is 0 Å². The van der Waals surface area contributed by atoms with Gasteiger partial charge in [-0.1, -0.05) is 79.6 Å². The molecule has 0 aliphatic heterocycles. The van der Waals surface area contributed by atoms with Gasteiger partial charge in [-0.05, 0) is 24.8 Å². The Morgan fingerprint density at radius 1 is 0.857 bits per heavy atom. The van der Waals surface area contributed by atoms with Crippen LogP contribution in [0.2, 0.25) is 0 Å². The fourth-order valence-corrected chi connectivity index (χ4v) is 3.13. The zero-order valence-electron chi connectivity index (χ0n) is 15.6. The smallest absolute Gasteiger partial charge is 0.0772 e. The highest BCUT2D eigenvalue weighted by Gasteiger charge is 2.31. The first-order valence-electron chi connectivity index (χ1n) is 9.23. The van der Waals surface area contributed by atoms with E-state index in [1.165, 1.54) is 57.8 Å². The van der Waals surface area contributed by atoms with E-state index in [-0.39, 0.29) is 5.41 Å². The molecular formula is C19H41NO. The summed E-state index contributed by atoms with van der Waals surface area (Å²) in [7, 11) is 1.86. The van der Waals surface area contributed by atoms with Crippen molar-refractivity contribution in [1.82, 2.24) is 5.32 Å². The average Bonchev–Trinajstić information content (AvgIpc) is 2.42. The number of nitrogens with one attached hydrogen (secondary N) is 1. The molecule has 0 aliphatic rings. The first kappa shape index (κ1) is 20.9. The second kappa shape index (κ2) is 12.5. The Kier molecular flexibility index (Phi) is 12.4. The molecule has 0 rings (SSSR count). The van der Waals surface area contributed by atoms with E-state index >= 15 is 0 Å². The van der Waals surface area contributed by atoms with Crippen molar-refractivity contribution in [2.75, 3.05) is 13.7 Å². The monoisotopic (exact) mass is 299 g/mol. The number of hydrogen-bond acceptors (Lipinski definition) is 2. The number of ether oxygens (including phenoxy) is 1. The standard InChI is InChI=1S/C19H41NO/c1-7-9-10-11-12-13-14-15-17(20-16-8-2)18(21-6)19(3,4)5/h17-18,20H,7-16H2,1-6H3. The third kappa shape index (κ3) is 10.3. The summed E-state index contributed by atoms with van der Waals surface area (Å²) < 4.78 is 5.82. The van der Waals surface area contributed by atoms with E-state index < -0.39 is 0 Å². The van der Waals surface area contributed by atoms with Crippen molar-refractivity contribution < 1.29 is 4.74 Å². The Labute approximate surface area is 134 Å². The Bertz CT molecular complexity index is 222. The van der Waals surface area contributed by atoms with Crippen molar-refractivity contribution in [2.45, 2.75) is 105 Å². The molecule has 0 heterocycles. The van der Waals surface area contributed by atoms with Crippen LogP contribution in [0.25, 0.3) is 0 Å². The predicted molar refractivity (Wildman–Crippen MR) is 94.9 cm³/mol. The molecule has 0 aromatic rings. The summed E-state index contributed by atoms with van der Waals surface area (Å²) in [4.78, 5) is 0. The maximum Gasteiger partial charge on any atom is 0.0772 e. The second-order valence-electron chi connectivity index (χ2n) is 7.49. The number of methoxy groups -OCH3 is 1. The highest BCUT2D eigenvalue weighted by atomic mass is 16.5. The Balaban J connectivity index is 4.11. The van der Waals surface area contributed by atoms with Gasteiger partial charge in [0.15, 0.2) is 0 Å². The highest BCUT2D eigenvalue weighted by molar-refractivity contribution is 4.86. The molecule has 21 heavy (non-hydrogen) atoms. The van der Waals surface area contributed by atoms with Crippen LogP contribution in [-0.2, 0) is 4.74 Å². The molecule has 2 nitrogen and oxygen atoms in total. The SMILES string of the molecule is CCCCCCCCCC(NCCC)C(OC)C(C)(C)C. The minimum atomic E-state index is 0.196. The molecule has 0 spiro atoms. The lowest BCUT2D eigenvalue weighted by molar-refractivity contribution is -0.0136. The van der Waals surface area contributed by atoms with E-state index in [1.807, 2.05) is 7.11 Å². The maximum atomic E-state index is 5.82. The molecule has 0 saturated heterocycles. The summed E-state index contributed by atoms with van der Waals surface area (Å²) in [5, 5.41) is 3.71. The lowest BCUT2D eigenvalue weighted by Crippen LogP contribution is -2.48. The third-order valence-electron chi connectivity index (χ3n) is 4.25. The van der Waals surface area contributed by atoms with Crippen molar-refractivity contribution in [3.63, 3.8) is 0 Å². The molecule has 0 aliphatic carbocycles. The Morgan fingerprint density at radius 3 is 1.90 bits per heavy atom. The molecule has 128 valence electrons. The molecule has 2 heteroatoms. The molecule has 0 aromatic heterocycles. The first-order valence-corrected chi connectivity index (χ1v) is 9.23. The van der Waals surface area contributed by atoms with E-state index in [9.17, 15) is 0 Å². The average molecular weight is 300 g/mol. The fraction of sp³-hybridized carbons (Fsp3) is 1.00. The molecule has 0 saturated carbocycles. The number of unbranched alkanes of at least 4 members (excludes halogenated alkanes) is 6. The summed E-state index contributed by atoms with van der Waals surface area (Å²) in [6.45, 7) is 12.5. The van der Waals surface area contributed by atoms with E-state index in [0.29, 0.717) is 12.1 Å². The van der Waals surface area contributed by atoms with Crippen LogP contribution in [0.15, 0.2) is 0 Å². The summed E-state index contributed by atoms with van der Waals surface area (Å²) >= 11 is 0. The van der Waals surface area contributed by atoms with Crippen LogP contribution in [0, 0.1) is 5.41 Å². The summed E-state index contributed by atoms with van der Waals surface area (Å²) in [6, 6.07) is 0.491. The summed E-state index contributed by atoms with van der Waals surface area (Å²) in [5.74, 6) is 0. The normalized spacial score (nSPS) is 15.1. The predicted octanol–water partition coefficient (Wildman–Crippen LogP) is 5.56. The largest absolute Gasteiger partial charge is 0.379 e. The fourth-order valence-electron chi connectivity index (χ4n) is 3.13. The lowest BCUT2D eigenvalue weighted by atomic mass is 9.82. The van der Waals surface area contributed by atoms with Gasteiger partial charge >= 0.3 is 0 Å². The zero-order valence-corrected chi connectivity index (χ0v) is 15.6. The van der Waals surface area contributed by atoms with Crippen molar-refractivity contribution in [3.05, 3.63) is 0 Å². The molecule has 0 aromatic carbocycles. The molecule has 0 bridgehead atoms. The van der Waals surface area contributed by atoms with Gasteiger partial charge in [-0.25, -0.2) is 0 Å². The Morgan fingerprint density at radius 2 is 1.43 bits per heavy atom. The van der Waals surface area contributed by atoms with E-state index in [4.69, 9.17) is 4.74 Å². The molecule has 0 radical (unpaired) electrons. The van der Waals surface area contributed by atoms with Crippen molar-refractivity contribution >= 4 is 0 Å². The Hall–Kier alpha value is -0.0800. The van der Waals surface area contributed by atoms with Crippen LogP contribution >= 0.6 is 0 Å². The van der Waals surface area contributed by atoms with Gasteiger partial charge in [-0.2, -0.15) is 0 Å². The van der Waals surface area contributed by atoms with Gasteiger partial charge in [0.05, 0.1) is 6.10 Å². The zero-order chi connectivity index (χ0) is 16.1. The van der Waals surface area contributed by atoms with Crippen molar-refractivity contribution in [2.24, 2.45) is 5.41 Å². The van der Waals surface area contributed by atoms with Crippen molar-refractivity contribution in [3.8, 4) is 0 Å². The molecule has 1 N–H and O–H groups in total. The van der Waals surface area contributed by atoms with Crippen LogP contribution in [0.4, 0.5) is 0 Å². The quantitative estimate of drug-likeness (QED) is 0.450. The third-order valence-corrected chi connectivity index (χ3v) is 4.25. The van der Waals surface area contributed by atoms with Gasteiger partial charge in [-0.15, -0.1) is 0 Å². The summed E-state index contributed by atoms with van der Waals surface area (Å²) in [5.41, 5.74) is 0.196. The first-order chi connectivity index (χ1) is 9.97. The molecule has 0 fully saturated rings. The van der Waals surface area contributed by atoms with E-state index in [0.717, 1.165) is 6.54 Å². The summed E-state index contributed by atoms with van der Waals surface area (Å²) in [6.07, 6.45) is 12.4. The van der Waals surface area contributed by atoms with Crippen LogP contribution < -0.4 is 5.32 Å². The minimum absolute atomic E-state index is 0.196. The second-order valence-corrected chi connectivity index (χ2v) is 7.49. The number of hydrogen-bond donors (Lipinski definition) is 1. The lowest BCUT2D eigenvalue weighted by Gasteiger charge is -2.36. The van der Waals surface area contributed by atoms with E-state index in [2.05, 4.69) is 39.9 Å². The van der Waals surface area contributed by atoms with Gasteiger partial charge in [-0.3, -0.25) is 0 Å². The van der Waals surface area contributed by atoms with Gasteiger partial charge in [0, 0.05) is 13.2 Å².